The van der Waals surface area contributed by atoms with Crippen molar-refractivity contribution in [1.82, 2.24) is 45.7 Å². The number of fused-ring (bicyclic) bond motifs is 2. The number of nitrogens with zero attached hydrogens (tertiary/aromatic N) is 7. The van der Waals surface area contributed by atoms with Gasteiger partial charge in [-0.15, -0.1) is 0 Å². The maximum absolute atomic E-state index is 15.9. The van der Waals surface area contributed by atoms with Gasteiger partial charge >= 0.3 is 11.8 Å². The number of hydrogen-bond donors (Lipinski definition) is 3. The minimum absolute atomic E-state index is 0.0358. The maximum atomic E-state index is 15.9. The van der Waals surface area contributed by atoms with Crippen molar-refractivity contribution in [2.24, 2.45) is 0 Å². The Kier molecular flexibility index (Phi) is 11.7. The number of H-pyrrole nitrogens is 1. The summed E-state index contributed by atoms with van der Waals surface area (Å²) >= 11 is 0. The summed E-state index contributed by atoms with van der Waals surface area (Å²) in [4.78, 5) is 63.0. The Labute approximate surface area is 388 Å². The summed E-state index contributed by atoms with van der Waals surface area (Å²) < 4.78 is 21.1. The number of imide groups is 1. The van der Waals surface area contributed by atoms with E-state index in [-0.39, 0.29) is 48.3 Å². The molecular formula is C51H55FN10O5. The zero-order valence-corrected chi connectivity index (χ0v) is 38.3. The van der Waals surface area contributed by atoms with E-state index < -0.39 is 17.9 Å². The zero-order chi connectivity index (χ0) is 46.6. The number of carbonyl (C=O) groups is 4. The maximum Gasteiger partial charge on any atom is 0.315 e. The van der Waals surface area contributed by atoms with E-state index in [4.69, 9.17) is 9.62 Å². The van der Waals surface area contributed by atoms with Crippen LogP contribution in [-0.2, 0) is 34.6 Å². The topological polar surface area (TPSA) is 173 Å². The van der Waals surface area contributed by atoms with E-state index >= 15 is 4.39 Å². The Morgan fingerprint density at radius 3 is 2.31 bits per heavy atom. The largest absolute Gasteiger partial charge is 0.371 e. The van der Waals surface area contributed by atoms with E-state index in [1.807, 2.05) is 39.8 Å². The Balaban J connectivity index is 0.711. The lowest BCUT2D eigenvalue weighted by Gasteiger charge is -2.43. The van der Waals surface area contributed by atoms with Gasteiger partial charge in [-0.2, -0.15) is 10.1 Å². The number of piperidine rings is 2. The smallest absolute Gasteiger partial charge is 0.315 e. The van der Waals surface area contributed by atoms with Crippen LogP contribution in [0.1, 0.15) is 95.6 Å². The standard InChI is InChI=1S/C51H55FN10O5/c1-30-25-33(5-6-34(30)27-53-47(65)48-55-50(58-67-48)51(2,3)4)45-39-26-32(10-14-41(39)56-57-45)31-7-11-36(12-8-31)60-19-17-37(18-20-60)61-23-21-59(22-24-61)28-35-9-13-38-40(44(35)52)29-62(49(38)66)42-15-16-43(63)54-46(42)64/h5-14,25-26,37,42H,15-24,27-29H2,1-4H3,(H,53,65)(H,56,57)(H,54,63,64). The van der Waals surface area contributed by atoms with Gasteiger partial charge in [-0.1, -0.05) is 62.3 Å². The summed E-state index contributed by atoms with van der Waals surface area (Å²) in [6.45, 7) is 14.2. The molecule has 1 atom stereocenters. The van der Waals surface area contributed by atoms with E-state index in [9.17, 15) is 19.2 Å². The van der Waals surface area contributed by atoms with Crippen LogP contribution < -0.4 is 15.5 Å². The lowest BCUT2D eigenvalue weighted by Crippen LogP contribution is -2.53. The van der Waals surface area contributed by atoms with Gasteiger partial charge in [-0.05, 0) is 84.8 Å². The molecule has 0 radical (unpaired) electrons. The van der Waals surface area contributed by atoms with Crippen molar-refractivity contribution < 1.29 is 28.1 Å². The fraction of sp³-hybridized carbons (Fsp3) is 0.392. The fourth-order valence-corrected chi connectivity index (χ4v) is 9.98. The number of nitrogens with one attached hydrogen (secondary N) is 3. The highest BCUT2D eigenvalue weighted by Crippen LogP contribution is 2.34. The molecule has 4 aliphatic heterocycles. The number of aryl methyl sites for hydroxylation is 1. The Morgan fingerprint density at radius 1 is 0.866 bits per heavy atom. The first-order valence-electron chi connectivity index (χ1n) is 23.2. The highest BCUT2D eigenvalue weighted by Gasteiger charge is 2.41. The first-order chi connectivity index (χ1) is 32.3. The third kappa shape index (κ3) is 8.83. The second kappa shape index (κ2) is 17.8. The molecule has 6 heterocycles. The number of rotatable bonds is 10. The third-order valence-corrected chi connectivity index (χ3v) is 14.0. The highest BCUT2D eigenvalue weighted by molar-refractivity contribution is 6.05. The van der Waals surface area contributed by atoms with Crippen LogP contribution in [0.4, 0.5) is 10.1 Å². The van der Waals surface area contributed by atoms with Crippen LogP contribution in [0.5, 0.6) is 0 Å². The van der Waals surface area contributed by atoms with Gasteiger partial charge in [-0.3, -0.25) is 39.4 Å². The van der Waals surface area contributed by atoms with Gasteiger partial charge in [0.2, 0.25) is 11.8 Å². The van der Waals surface area contributed by atoms with Gasteiger partial charge < -0.3 is 19.6 Å². The molecule has 16 heteroatoms. The molecule has 346 valence electrons. The average Bonchev–Trinajstić information content (AvgIpc) is 4.08. The number of hydrogen-bond acceptors (Lipinski definition) is 11. The van der Waals surface area contributed by atoms with Crippen molar-refractivity contribution in [2.45, 2.75) is 90.5 Å². The molecular weight excluding hydrogens is 852 g/mol. The van der Waals surface area contributed by atoms with Crippen LogP contribution in [0.2, 0.25) is 0 Å². The molecule has 0 saturated carbocycles. The number of carbonyl (C=O) groups excluding carboxylic acids is 4. The van der Waals surface area contributed by atoms with Gasteiger partial charge in [0.1, 0.15) is 11.9 Å². The van der Waals surface area contributed by atoms with Gasteiger partial charge in [0, 0.05) is 104 Å². The van der Waals surface area contributed by atoms with Crippen molar-refractivity contribution in [3.05, 3.63) is 118 Å². The Hall–Kier alpha value is -6.78. The quantitative estimate of drug-likeness (QED) is 0.128. The van der Waals surface area contributed by atoms with Gasteiger partial charge in [0.05, 0.1) is 17.8 Å². The highest BCUT2D eigenvalue weighted by atomic mass is 19.1. The Bertz CT molecular complexity index is 2890. The van der Waals surface area contributed by atoms with E-state index in [0.29, 0.717) is 41.6 Å². The first-order valence-corrected chi connectivity index (χ1v) is 23.2. The third-order valence-electron chi connectivity index (χ3n) is 14.0. The summed E-state index contributed by atoms with van der Waals surface area (Å²) in [5.74, 6) is -1.54. The summed E-state index contributed by atoms with van der Waals surface area (Å²) in [7, 11) is 0. The molecule has 6 aromatic rings. The molecule has 0 bridgehead atoms. The molecule has 0 aliphatic carbocycles. The molecule has 15 nitrogen and oxygen atoms in total. The lowest BCUT2D eigenvalue weighted by molar-refractivity contribution is -0.136. The predicted molar refractivity (Wildman–Crippen MR) is 250 cm³/mol. The molecule has 10 rings (SSSR count). The normalized spacial score (nSPS) is 18.8. The number of benzene rings is 4. The van der Waals surface area contributed by atoms with Crippen molar-refractivity contribution in [2.75, 3.05) is 44.2 Å². The number of halogens is 1. The van der Waals surface area contributed by atoms with E-state index in [1.165, 1.54) is 10.6 Å². The van der Waals surface area contributed by atoms with Crippen molar-refractivity contribution >= 4 is 40.2 Å². The summed E-state index contributed by atoms with van der Waals surface area (Å²) in [5.41, 5.74) is 9.14. The van der Waals surface area contributed by atoms with E-state index in [1.54, 1.807) is 12.1 Å². The zero-order valence-electron chi connectivity index (χ0n) is 38.3. The molecule has 3 fully saturated rings. The second-order valence-electron chi connectivity index (χ2n) is 19.4. The molecule has 3 saturated heterocycles. The van der Waals surface area contributed by atoms with Crippen LogP contribution in [0.15, 0.2) is 77.3 Å². The van der Waals surface area contributed by atoms with Crippen LogP contribution in [-0.4, -0.2) is 110 Å². The second-order valence-corrected chi connectivity index (χ2v) is 19.4. The minimum Gasteiger partial charge on any atom is -0.371 e. The van der Waals surface area contributed by atoms with Crippen molar-refractivity contribution in [3.63, 3.8) is 0 Å². The monoisotopic (exact) mass is 906 g/mol. The number of anilines is 1. The number of piperazine rings is 1. The fourth-order valence-electron chi connectivity index (χ4n) is 9.98. The van der Waals surface area contributed by atoms with Crippen LogP contribution >= 0.6 is 0 Å². The molecule has 67 heavy (non-hydrogen) atoms. The first kappa shape index (κ1) is 44.1. The average molecular weight is 907 g/mol. The molecule has 3 N–H and O–H groups in total. The van der Waals surface area contributed by atoms with Crippen molar-refractivity contribution in [1.29, 1.82) is 0 Å². The van der Waals surface area contributed by atoms with Crippen LogP contribution in [0, 0.1) is 12.7 Å². The molecule has 2 aromatic heterocycles. The molecule has 0 spiro atoms. The Morgan fingerprint density at radius 2 is 1.60 bits per heavy atom. The lowest BCUT2D eigenvalue weighted by atomic mass is 9.96. The number of amides is 4. The van der Waals surface area contributed by atoms with Crippen LogP contribution in [0.25, 0.3) is 33.3 Å². The van der Waals surface area contributed by atoms with Gasteiger partial charge in [0.25, 0.3) is 5.91 Å². The summed E-state index contributed by atoms with van der Waals surface area (Å²) in [6, 6.07) is 24.5. The molecule has 1 unspecified atom stereocenters. The molecule has 4 aromatic carbocycles. The van der Waals surface area contributed by atoms with Gasteiger partial charge in [-0.25, -0.2) is 4.39 Å². The SMILES string of the molecule is Cc1cc(-c2n[nH]c3ccc(-c4ccc(N5CCC(N6CCN(Cc7ccc8c(c7F)CN(C7CCC(=O)NC7=O)C8=O)CC6)CC5)cc4)cc23)ccc1CNC(=O)c1nc(C(C)(C)C)no1. The number of aromatic nitrogens is 4. The van der Waals surface area contributed by atoms with E-state index in [2.05, 4.69) is 89.1 Å². The van der Waals surface area contributed by atoms with E-state index in [0.717, 1.165) is 96.5 Å². The molecule has 4 amide bonds. The van der Waals surface area contributed by atoms with Crippen LogP contribution in [0.3, 0.4) is 0 Å². The summed E-state index contributed by atoms with van der Waals surface area (Å²) in [5, 5.41) is 18.1. The summed E-state index contributed by atoms with van der Waals surface area (Å²) in [6.07, 6.45) is 2.56. The van der Waals surface area contributed by atoms with Crippen molar-refractivity contribution in [3.8, 4) is 22.4 Å². The van der Waals surface area contributed by atoms with Gasteiger partial charge in [0.15, 0.2) is 5.82 Å². The predicted octanol–water partition coefficient (Wildman–Crippen LogP) is 6.50. The minimum atomic E-state index is -0.765. The number of aromatic amines is 1. The molecule has 4 aliphatic rings.